The predicted octanol–water partition coefficient (Wildman–Crippen LogP) is 15.6. The fourth-order valence-corrected chi connectivity index (χ4v) is 9.60. The number of nitrogens with zero attached hydrogens (tertiary/aromatic N) is 1. The van der Waals surface area contributed by atoms with Gasteiger partial charge in [-0.2, -0.15) is 0 Å². The lowest BCUT2D eigenvalue weighted by Crippen LogP contribution is -2.10. The molecule has 2 aromatic heterocycles. The SMILES string of the molecule is c1ccc(-c2c(-c3ccc(N(c4ccc5c(c4)oc4ccccc45)c4ccc(-c5ccccc5)c5sc6ccccc6c45)cc3)ccc3ccccc23)cc1. The number of rotatable bonds is 6. The zero-order chi connectivity index (χ0) is 36.3. The molecule has 258 valence electrons. The van der Waals surface area contributed by atoms with E-state index in [1.54, 1.807) is 0 Å². The average Bonchev–Trinajstić information content (AvgIpc) is 3.83. The van der Waals surface area contributed by atoms with Gasteiger partial charge in [0.25, 0.3) is 0 Å². The number of hydrogen-bond acceptors (Lipinski definition) is 3. The monoisotopic (exact) mass is 719 g/mol. The number of benzene rings is 9. The van der Waals surface area contributed by atoms with Crippen molar-refractivity contribution in [2.75, 3.05) is 4.90 Å². The van der Waals surface area contributed by atoms with Crippen LogP contribution >= 0.6 is 11.3 Å². The molecule has 0 aliphatic rings. The van der Waals surface area contributed by atoms with E-state index in [2.05, 4.69) is 193 Å². The topological polar surface area (TPSA) is 16.4 Å². The number of furan rings is 1. The Morgan fingerprint density at radius 1 is 0.400 bits per heavy atom. The Morgan fingerprint density at radius 2 is 1.02 bits per heavy atom. The number of para-hydroxylation sites is 1. The highest BCUT2D eigenvalue weighted by atomic mass is 32.1. The molecule has 0 atom stereocenters. The number of fused-ring (bicyclic) bond motifs is 7. The summed E-state index contributed by atoms with van der Waals surface area (Å²) < 4.78 is 9.03. The summed E-state index contributed by atoms with van der Waals surface area (Å²) in [5.74, 6) is 0. The normalized spacial score (nSPS) is 11.6. The van der Waals surface area contributed by atoms with Gasteiger partial charge < -0.3 is 9.32 Å². The molecular formula is C52H33NOS. The summed E-state index contributed by atoms with van der Waals surface area (Å²) in [6.07, 6.45) is 0. The number of anilines is 3. The second-order valence-corrected chi connectivity index (χ2v) is 15.1. The first-order valence-electron chi connectivity index (χ1n) is 18.7. The van der Waals surface area contributed by atoms with Gasteiger partial charge in [0.2, 0.25) is 0 Å². The predicted molar refractivity (Wildman–Crippen MR) is 235 cm³/mol. The van der Waals surface area contributed by atoms with Crippen molar-refractivity contribution in [3.05, 3.63) is 200 Å². The van der Waals surface area contributed by atoms with Gasteiger partial charge in [-0.05, 0) is 86.6 Å². The van der Waals surface area contributed by atoms with Crippen LogP contribution in [0.5, 0.6) is 0 Å². The summed E-state index contributed by atoms with van der Waals surface area (Å²) in [4.78, 5) is 2.41. The third-order valence-corrected chi connectivity index (χ3v) is 12.1. The Bertz CT molecular complexity index is 3190. The zero-order valence-electron chi connectivity index (χ0n) is 29.8. The van der Waals surface area contributed by atoms with Gasteiger partial charge in [0.05, 0.1) is 5.69 Å². The maximum Gasteiger partial charge on any atom is 0.137 e. The molecule has 0 saturated carbocycles. The Hall–Kier alpha value is -6.94. The second kappa shape index (κ2) is 12.9. The molecular weight excluding hydrogens is 687 g/mol. The number of thiophene rings is 1. The van der Waals surface area contributed by atoms with E-state index in [1.807, 2.05) is 23.5 Å². The first kappa shape index (κ1) is 31.6. The van der Waals surface area contributed by atoms with Crippen molar-refractivity contribution in [2.45, 2.75) is 0 Å². The lowest BCUT2D eigenvalue weighted by Gasteiger charge is -2.27. The molecule has 0 saturated heterocycles. The molecule has 3 heteroatoms. The molecule has 2 heterocycles. The second-order valence-electron chi connectivity index (χ2n) is 14.0. The third-order valence-electron chi connectivity index (χ3n) is 10.9. The van der Waals surface area contributed by atoms with Crippen molar-refractivity contribution in [3.63, 3.8) is 0 Å². The number of hydrogen-bond donors (Lipinski definition) is 0. The molecule has 0 bridgehead atoms. The molecule has 11 aromatic rings. The zero-order valence-corrected chi connectivity index (χ0v) is 30.6. The van der Waals surface area contributed by atoms with E-state index < -0.39 is 0 Å². The average molecular weight is 720 g/mol. The van der Waals surface area contributed by atoms with Gasteiger partial charge in [-0.15, -0.1) is 11.3 Å². The maximum absolute atomic E-state index is 6.48. The molecule has 0 fully saturated rings. The van der Waals surface area contributed by atoms with Crippen LogP contribution in [0.4, 0.5) is 17.1 Å². The molecule has 0 aliphatic carbocycles. The largest absolute Gasteiger partial charge is 0.456 e. The lowest BCUT2D eigenvalue weighted by atomic mass is 9.90. The summed E-state index contributed by atoms with van der Waals surface area (Å²) in [5.41, 5.74) is 12.3. The van der Waals surface area contributed by atoms with Crippen molar-refractivity contribution >= 4 is 81.3 Å². The Balaban J connectivity index is 1.14. The summed E-state index contributed by atoms with van der Waals surface area (Å²) >= 11 is 1.87. The third kappa shape index (κ3) is 5.24. The minimum atomic E-state index is 0.872. The van der Waals surface area contributed by atoms with Crippen LogP contribution in [0.3, 0.4) is 0 Å². The van der Waals surface area contributed by atoms with Crippen molar-refractivity contribution in [1.29, 1.82) is 0 Å². The molecule has 0 unspecified atom stereocenters. The van der Waals surface area contributed by atoms with Crippen molar-refractivity contribution in [1.82, 2.24) is 0 Å². The molecule has 0 N–H and O–H groups in total. The summed E-state index contributed by atoms with van der Waals surface area (Å²) in [6.45, 7) is 0. The van der Waals surface area contributed by atoms with Crippen LogP contribution in [-0.2, 0) is 0 Å². The minimum absolute atomic E-state index is 0.872. The van der Waals surface area contributed by atoms with Crippen molar-refractivity contribution < 1.29 is 4.42 Å². The fourth-order valence-electron chi connectivity index (χ4n) is 8.34. The van der Waals surface area contributed by atoms with Gasteiger partial charge in [-0.25, -0.2) is 0 Å². The van der Waals surface area contributed by atoms with Crippen LogP contribution in [-0.4, -0.2) is 0 Å². The van der Waals surface area contributed by atoms with E-state index in [0.717, 1.165) is 39.0 Å². The standard InChI is InChI=1S/C52H33NOS/c1-3-13-34(14-4-1)42-31-32-46(51-45-20-10-12-22-49(45)55-52(42)51)53(39-28-30-44-43-19-9-11-21-47(43)54-48(44)33-39)38-26-23-36(24-27-38)41-29-25-35-15-7-8-18-40(35)50(41)37-16-5-2-6-17-37/h1-33H. The Morgan fingerprint density at radius 3 is 1.84 bits per heavy atom. The molecule has 0 radical (unpaired) electrons. The van der Waals surface area contributed by atoms with Gasteiger partial charge in [0.1, 0.15) is 11.2 Å². The molecule has 55 heavy (non-hydrogen) atoms. The lowest BCUT2D eigenvalue weighted by molar-refractivity contribution is 0.669. The maximum atomic E-state index is 6.48. The Labute approximate surface area is 322 Å². The molecule has 0 aliphatic heterocycles. The molecule has 9 aromatic carbocycles. The van der Waals surface area contributed by atoms with E-state index in [4.69, 9.17) is 4.42 Å². The quantitative estimate of drug-likeness (QED) is 0.170. The van der Waals surface area contributed by atoms with Gasteiger partial charge in [0.15, 0.2) is 0 Å². The van der Waals surface area contributed by atoms with Crippen LogP contribution in [0, 0.1) is 0 Å². The van der Waals surface area contributed by atoms with E-state index in [9.17, 15) is 0 Å². The minimum Gasteiger partial charge on any atom is -0.456 e. The van der Waals surface area contributed by atoms with Crippen LogP contribution in [0.15, 0.2) is 205 Å². The van der Waals surface area contributed by atoms with Gasteiger partial charge in [-0.3, -0.25) is 0 Å². The van der Waals surface area contributed by atoms with Crippen LogP contribution in [0.25, 0.3) is 86.3 Å². The molecule has 11 rings (SSSR count). The molecule has 2 nitrogen and oxygen atoms in total. The van der Waals surface area contributed by atoms with E-state index in [1.165, 1.54) is 64.3 Å². The van der Waals surface area contributed by atoms with Gasteiger partial charge in [-0.1, -0.05) is 152 Å². The van der Waals surface area contributed by atoms with Gasteiger partial charge >= 0.3 is 0 Å². The van der Waals surface area contributed by atoms with Crippen LogP contribution in [0.1, 0.15) is 0 Å². The summed E-state index contributed by atoms with van der Waals surface area (Å²) in [6, 6.07) is 72.1. The highest BCUT2D eigenvalue weighted by molar-refractivity contribution is 7.26. The van der Waals surface area contributed by atoms with E-state index >= 15 is 0 Å². The highest BCUT2D eigenvalue weighted by Crippen LogP contribution is 2.49. The first-order valence-corrected chi connectivity index (χ1v) is 19.5. The van der Waals surface area contributed by atoms with Gasteiger partial charge in [0, 0.05) is 48.4 Å². The summed E-state index contributed by atoms with van der Waals surface area (Å²) in [5, 5.41) is 7.23. The van der Waals surface area contributed by atoms with Crippen molar-refractivity contribution in [2.24, 2.45) is 0 Å². The first-order chi connectivity index (χ1) is 27.3. The van der Waals surface area contributed by atoms with Crippen LogP contribution < -0.4 is 4.90 Å². The smallest absolute Gasteiger partial charge is 0.137 e. The Kier molecular flexibility index (Phi) is 7.39. The molecule has 0 amide bonds. The van der Waals surface area contributed by atoms with E-state index in [-0.39, 0.29) is 0 Å². The molecule has 0 spiro atoms. The van der Waals surface area contributed by atoms with Crippen LogP contribution in [0.2, 0.25) is 0 Å². The summed E-state index contributed by atoms with van der Waals surface area (Å²) in [7, 11) is 0. The van der Waals surface area contributed by atoms with E-state index in [0.29, 0.717) is 0 Å². The fraction of sp³-hybridized carbons (Fsp3) is 0. The van der Waals surface area contributed by atoms with Crippen molar-refractivity contribution in [3.8, 4) is 33.4 Å². The highest BCUT2D eigenvalue weighted by Gasteiger charge is 2.22.